The molecule has 1 aromatic carbocycles. The number of imide groups is 1. The van der Waals surface area contributed by atoms with E-state index in [-0.39, 0.29) is 37.4 Å². The van der Waals surface area contributed by atoms with E-state index in [1.54, 1.807) is 19.2 Å². The Hall–Kier alpha value is -2.87. The summed E-state index contributed by atoms with van der Waals surface area (Å²) in [7, 11) is 1.59. The van der Waals surface area contributed by atoms with E-state index in [1.165, 1.54) is 21.1 Å². The molecule has 7 nitrogen and oxygen atoms in total. The van der Waals surface area contributed by atoms with Gasteiger partial charge in [0.25, 0.3) is 5.91 Å². The molecule has 8 heteroatoms. The van der Waals surface area contributed by atoms with Crippen molar-refractivity contribution in [2.75, 3.05) is 13.7 Å². The second kappa shape index (κ2) is 8.88. The Morgan fingerprint density at radius 2 is 1.93 bits per heavy atom. The van der Waals surface area contributed by atoms with Crippen LogP contribution in [0.25, 0.3) is 0 Å². The number of hydrogen-bond donors (Lipinski definition) is 1. The Kier molecular flexibility index (Phi) is 6.30. The van der Waals surface area contributed by atoms with Crippen molar-refractivity contribution in [3.05, 3.63) is 52.2 Å². The topological polar surface area (TPSA) is 79.0 Å². The van der Waals surface area contributed by atoms with Gasteiger partial charge in [0, 0.05) is 18.0 Å². The maximum atomic E-state index is 13.0. The number of carbonyl (C=O) groups excluding carboxylic acids is 3. The maximum Gasteiger partial charge on any atom is 0.328 e. The van der Waals surface area contributed by atoms with Gasteiger partial charge in [-0.1, -0.05) is 18.2 Å². The van der Waals surface area contributed by atoms with E-state index in [1.807, 2.05) is 36.6 Å². The Morgan fingerprint density at radius 3 is 2.54 bits per heavy atom. The van der Waals surface area contributed by atoms with Crippen molar-refractivity contribution in [2.24, 2.45) is 0 Å². The zero-order valence-electron chi connectivity index (χ0n) is 15.9. The molecule has 1 unspecified atom stereocenters. The fourth-order valence-corrected chi connectivity index (χ4v) is 3.84. The lowest BCUT2D eigenvalue weighted by Gasteiger charge is -2.21. The van der Waals surface area contributed by atoms with Crippen molar-refractivity contribution >= 4 is 29.2 Å². The molecule has 0 saturated carbocycles. The van der Waals surface area contributed by atoms with Crippen molar-refractivity contribution in [3.63, 3.8) is 0 Å². The van der Waals surface area contributed by atoms with Gasteiger partial charge in [-0.3, -0.25) is 14.5 Å². The molecule has 1 aromatic heterocycles. The maximum absolute atomic E-state index is 13.0. The number of thiophene rings is 1. The van der Waals surface area contributed by atoms with E-state index in [4.69, 9.17) is 4.74 Å². The van der Waals surface area contributed by atoms with Gasteiger partial charge in [-0.2, -0.15) is 0 Å². The molecule has 1 aliphatic heterocycles. The average molecular weight is 401 g/mol. The van der Waals surface area contributed by atoms with Crippen LogP contribution < -0.4 is 10.1 Å². The van der Waals surface area contributed by atoms with Crippen LogP contribution >= 0.6 is 11.3 Å². The van der Waals surface area contributed by atoms with Crippen molar-refractivity contribution in [1.82, 2.24) is 15.1 Å². The second-order valence-electron chi connectivity index (χ2n) is 6.44. The predicted molar refractivity (Wildman–Crippen MR) is 106 cm³/mol. The van der Waals surface area contributed by atoms with Crippen LogP contribution in [0.3, 0.4) is 0 Å². The third-order valence-corrected chi connectivity index (χ3v) is 5.42. The molecule has 1 aliphatic rings. The van der Waals surface area contributed by atoms with Gasteiger partial charge in [0.1, 0.15) is 11.8 Å². The summed E-state index contributed by atoms with van der Waals surface area (Å²) in [5.74, 6) is 0.135. The number of ether oxygens (including phenoxy) is 1. The van der Waals surface area contributed by atoms with Crippen LogP contribution in [0.15, 0.2) is 41.8 Å². The minimum absolute atomic E-state index is 0.0461. The molecule has 1 saturated heterocycles. The summed E-state index contributed by atoms with van der Waals surface area (Å²) in [6.07, 6.45) is -0.0461. The summed E-state index contributed by atoms with van der Waals surface area (Å²) in [5.41, 5.74) is 0.862. The Balaban J connectivity index is 1.82. The quantitative estimate of drug-likeness (QED) is 0.690. The summed E-state index contributed by atoms with van der Waals surface area (Å²) in [6.45, 7) is 2.77. The highest BCUT2D eigenvalue weighted by molar-refractivity contribution is 7.09. The van der Waals surface area contributed by atoms with E-state index in [2.05, 4.69) is 5.32 Å². The lowest BCUT2D eigenvalue weighted by atomic mass is 10.1. The zero-order valence-corrected chi connectivity index (χ0v) is 16.7. The highest BCUT2D eigenvalue weighted by Crippen LogP contribution is 2.26. The lowest BCUT2D eigenvalue weighted by molar-refractivity contribution is -0.132. The number of nitrogens with zero attached hydrogens (tertiary/aromatic N) is 2. The summed E-state index contributed by atoms with van der Waals surface area (Å²) < 4.78 is 5.16. The minimum atomic E-state index is -0.805. The molecule has 0 radical (unpaired) electrons. The van der Waals surface area contributed by atoms with E-state index >= 15 is 0 Å². The average Bonchev–Trinajstić information content (AvgIpc) is 3.28. The van der Waals surface area contributed by atoms with Gasteiger partial charge in [0.05, 0.1) is 20.1 Å². The first-order valence-electron chi connectivity index (χ1n) is 9.07. The normalized spacial score (nSPS) is 16.6. The van der Waals surface area contributed by atoms with Crippen LogP contribution in [-0.2, 0) is 22.7 Å². The Bertz CT molecular complexity index is 836. The number of hydrogen-bond acceptors (Lipinski definition) is 5. The number of nitrogens with one attached hydrogen (secondary N) is 1. The molecule has 3 rings (SSSR count). The summed E-state index contributed by atoms with van der Waals surface area (Å²) in [6, 6.07) is 9.90. The minimum Gasteiger partial charge on any atom is -0.497 e. The van der Waals surface area contributed by atoms with Crippen LogP contribution in [0.4, 0.5) is 4.79 Å². The van der Waals surface area contributed by atoms with Crippen molar-refractivity contribution in [2.45, 2.75) is 32.5 Å². The van der Waals surface area contributed by atoms with Gasteiger partial charge in [0.2, 0.25) is 5.91 Å². The molecule has 28 heavy (non-hydrogen) atoms. The first-order valence-corrected chi connectivity index (χ1v) is 9.95. The number of urea groups is 1. The summed E-state index contributed by atoms with van der Waals surface area (Å²) in [5, 5.41) is 4.61. The first kappa shape index (κ1) is 19.9. The molecule has 2 heterocycles. The predicted octanol–water partition coefficient (Wildman–Crippen LogP) is 2.62. The standard InChI is InChI=1S/C20H23N3O4S/c1-3-21-18(24)11-17-19(25)23(13-16-5-4-10-28-16)20(26)22(17)12-14-6-8-15(27-2)9-7-14/h4-10,17H,3,11-13H2,1-2H3,(H,21,24). The molecule has 4 amide bonds. The SMILES string of the molecule is CCNC(=O)CC1C(=O)N(Cc2cccs2)C(=O)N1Cc1ccc(OC)cc1. The molecule has 2 aromatic rings. The Morgan fingerprint density at radius 1 is 1.18 bits per heavy atom. The van der Waals surface area contributed by atoms with E-state index in [0.717, 1.165) is 10.4 Å². The van der Waals surface area contributed by atoms with Gasteiger partial charge >= 0.3 is 6.03 Å². The second-order valence-corrected chi connectivity index (χ2v) is 7.47. The number of carbonyl (C=O) groups is 3. The van der Waals surface area contributed by atoms with Gasteiger partial charge < -0.3 is 15.0 Å². The van der Waals surface area contributed by atoms with Gasteiger partial charge in [0.15, 0.2) is 0 Å². The van der Waals surface area contributed by atoms with E-state index in [9.17, 15) is 14.4 Å². The smallest absolute Gasteiger partial charge is 0.328 e. The van der Waals surface area contributed by atoms with Gasteiger partial charge in [-0.25, -0.2) is 4.79 Å². The molecular weight excluding hydrogens is 378 g/mol. The van der Waals surface area contributed by atoms with Crippen LogP contribution in [0.2, 0.25) is 0 Å². The molecule has 1 N–H and O–H groups in total. The lowest BCUT2D eigenvalue weighted by Crippen LogP contribution is -2.39. The molecule has 148 valence electrons. The van der Waals surface area contributed by atoms with Crippen molar-refractivity contribution < 1.29 is 19.1 Å². The van der Waals surface area contributed by atoms with Crippen LogP contribution in [0.1, 0.15) is 23.8 Å². The highest BCUT2D eigenvalue weighted by Gasteiger charge is 2.45. The molecule has 1 atom stereocenters. The number of methoxy groups -OCH3 is 1. The fraction of sp³-hybridized carbons (Fsp3) is 0.350. The molecule has 0 bridgehead atoms. The Labute approximate surface area is 167 Å². The van der Waals surface area contributed by atoms with Crippen LogP contribution in [-0.4, -0.2) is 47.3 Å². The van der Waals surface area contributed by atoms with Gasteiger partial charge in [-0.05, 0) is 36.1 Å². The number of benzene rings is 1. The number of amides is 4. The molecule has 1 fully saturated rings. The summed E-state index contributed by atoms with van der Waals surface area (Å²) >= 11 is 1.49. The fourth-order valence-electron chi connectivity index (χ4n) is 3.15. The van der Waals surface area contributed by atoms with Crippen molar-refractivity contribution in [3.8, 4) is 5.75 Å². The highest BCUT2D eigenvalue weighted by atomic mass is 32.1. The van der Waals surface area contributed by atoms with E-state index in [0.29, 0.717) is 12.3 Å². The summed E-state index contributed by atoms with van der Waals surface area (Å²) in [4.78, 5) is 41.7. The number of rotatable bonds is 8. The van der Waals surface area contributed by atoms with Crippen LogP contribution in [0.5, 0.6) is 5.75 Å². The molecule has 0 aliphatic carbocycles. The third kappa shape index (κ3) is 4.33. The largest absolute Gasteiger partial charge is 0.497 e. The third-order valence-electron chi connectivity index (χ3n) is 4.56. The van der Waals surface area contributed by atoms with Crippen LogP contribution in [0, 0.1) is 0 Å². The zero-order chi connectivity index (χ0) is 20.1. The molecule has 0 spiro atoms. The molecular formula is C20H23N3O4S. The first-order chi connectivity index (χ1) is 13.5. The van der Waals surface area contributed by atoms with E-state index < -0.39 is 6.04 Å². The van der Waals surface area contributed by atoms with Crippen molar-refractivity contribution in [1.29, 1.82) is 0 Å². The monoisotopic (exact) mass is 401 g/mol. The van der Waals surface area contributed by atoms with Gasteiger partial charge in [-0.15, -0.1) is 11.3 Å².